The van der Waals surface area contributed by atoms with Gasteiger partial charge < -0.3 is 9.84 Å². The second-order valence-electron chi connectivity index (χ2n) is 6.07. The van der Waals surface area contributed by atoms with Crippen LogP contribution in [0.25, 0.3) is 11.3 Å². The number of ether oxygens (including phenoxy) is 1. The highest BCUT2D eigenvalue weighted by atomic mass is 32.1. The maximum Gasteiger partial charge on any atom is 0.338 e. The van der Waals surface area contributed by atoms with Crippen LogP contribution in [0.2, 0.25) is 0 Å². The predicted octanol–water partition coefficient (Wildman–Crippen LogP) is 3.66. The molecule has 0 spiro atoms. The monoisotopic (exact) mass is 396 g/mol. The zero-order valence-electron chi connectivity index (χ0n) is 15.3. The summed E-state index contributed by atoms with van der Waals surface area (Å²) in [7, 11) is 0. The van der Waals surface area contributed by atoms with Crippen molar-refractivity contribution in [1.82, 2.24) is 4.98 Å². The Morgan fingerprint density at radius 1 is 1.07 bits per heavy atom. The normalized spacial score (nSPS) is 10.5. The smallest absolute Gasteiger partial charge is 0.338 e. The number of carbonyl (C=O) groups is 2. The number of aryl methyl sites for hydroxylation is 1. The summed E-state index contributed by atoms with van der Waals surface area (Å²) in [5, 5.41) is 14.0. The van der Waals surface area contributed by atoms with Gasteiger partial charge in [-0.2, -0.15) is 0 Å². The fourth-order valence-electron chi connectivity index (χ4n) is 2.49. The van der Waals surface area contributed by atoms with E-state index in [1.165, 1.54) is 16.9 Å². The first-order chi connectivity index (χ1) is 13.6. The summed E-state index contributed by atoms with van der Waals surface area (Å²) < 4.78 is 5.02. The minimum Gasteiger partial charge on any atom is -0.452 e. The molecule has 2 N–H and O–H groups in total. The molecule has 0 fully saturated rings. The predicted molar refractivity (Wildman–Crippen MR) is 108 cm³/mol. The van der Waals surface area contributed by atoms with Crippen LogP contribution >= 0.6 is 11.3 Å². The molecule has 0 aliphatic heterocycles. The summed E-state index contributed by atoms with van der Waals surface area (Å²) >= 11 is 1.31. The lowest BCUT2D eigenvalue weighted by atomic mass is 10.1. The first-order valence-electron chi connectivity index (χ1n) is 8.80. The molecule has 0 saturated carbocycles. The van der Waals surface area contributed by atoms with Crippen LogP contribution in [0.5, 0.6) is 0 Å². The van der Waals surface area contributed by atoms with Crippen molar-refractivity contribution in [1.29, 1.82) is 0 Å². The first kappa shape index (κ1) is 19.7. The summed E-state index contributed by atoms with van der Waals surface area (Å²) in [6.07, 6.45) is 0.975. The maximum absolute atomic E-state index is 12.0. The van der Waals surface area contributed by atoms with Gasteiger partial charge in [0.05, 0.1) is 17.9 Å². The Morgan fingerprint density at radius 3 is 2.39 bits per heavy atom. The Labute approximate surface area is 166 Å². The van der Waals surface area contributed by atoms with E-state index >= 15 is 0 Å². The fourth-order valence-corrected chi connectivity index (χ4v) is 3.23. The number of rotatable bonds is 7. The largest absolute Gasteiger partial charge is 0.452 e. The van der Waals surface area contributed by atoms with Crippen molar-refractivity contribution in [3.05, 3.63) is 70.6 Å². The number of amides is 1. The number of carbonyl (C=O) groups excluding carboxylic acids is 2. The van der Waals surface area contributed by atoms with Gasteiger partial charge in [-0.15, -0.1) is 11.3 Å². The van der Waals surface area contributed by atoms with E-state index in [1.807, 2.05) is 17.5 Å². The number of aliphatic hydroxyl groups excluding tert-OH is 1. The van der Waals surface area contributed by atoms with E-state index in [4.69, 9.17) is 9.84 Å². The molecule has 6 nitrogen and oxygen atoms in total. The number of hydrogen-bond donors (Lipinski definition) is 2. The van der Waals surface area contributed by atoms with Gasteiger partial charge in [-0.05, 0) is 29.7 Å². The highest BCUT2D eigenvalue weighted by molar-refractivity contribution is 7.14. The summed E-state index contributed by atoms with van der Waals surface area (Å²) in [6, 6.07) is 14.5. The molecule has 144 valence electrons. The lowest BCUT2D eigenvalue weighted by Crippen LogP contribution is -2.20. The number of aliphatic hydroxyl groups is 1. The van der Waals surface area contributed by atoms with Crippen molar-refractivity contribution in [3.8, 4) is 11.3 Å². The summed E-state index contributed by atoms with van der Waals surface area (Å²) in [4.78, 5) is 28.4. The molecular weight excluding hydrogens is 376 g/mol. The molecule has 0 aliphatic rings. The Bertz CT molecular complexity index is 949. The summed E-state index contributed by atoms with van der Waals surface area (Å²) in [6.45, 7) is 1.60. The number of nitrogens with zero attached hydrogens (tertiary/aromatic N) is 1. The second kappa shape index (κ2) is 9.25. The molecule has 0 unspecified atom stereocenters. The molecule has 0 saturated heterocycles. The van der Waals surface area contributed by atoms with Gasteiger partial charge in [-0.25, -0.2) is 9.78 Å². The third kappa shape index (κ3) is 5.03. The summed E-state index contributed by atoms with van der Waals surface area (Å²) in [5.41, 5.74) is 4.02. The third-order valence-electron chi connectivity index (χ3n) is 4.12. The van der Waals surface area contributed by atoms with Crippen molar-refractivity contribution in [2.45, 2.75) is 20.0 Å². The van der Waals surface area contributed by atoms with Crippen LogP contribution in [0, 0.1) is 0 Å². The SMILES string of the molecule is CCc1ccc(-c2csc(NC(=O)COC(=O)c3ccc(CO)cc3)n2)cc1. The van der Waals surface area contributed by atoms with Gasteiger partial charge in [0.2, 0.25) is 0 Å². The quantitative estimate of drug-likeness (QED) is 0.595. The van der Waals surface area contributed by atoms with Crippen LogP contribution in [0.3, 0.4) is 0 Å². The first-order valence-corrected chi connectivity index (χ1v) is 9.68. The molecule has 2 aromatic carbocycles. The molecule has 0 atom stereocenters. The summed E-state index contributed by atoms with van der Waals surface area (Å²) in [5.74, 6) is -1.06. The molecule has 3 rings (SSSR count). The Morgan fingerprint density at radius 2 is 1.75 bits per heavy atom. The van der Waals surface area contributed by atoms with Crippen LogP contribution in [0.4, 0.5) is 5.13 Å². The average molecular weight is 396 g/mol. The van der Waals surface area contributed by atoms with Crippen LogP contribution in [-0.2, 0) is 22.6 Å². The van der Waals surface area contributed by atoms with Crippen LogP contribution in [-0.4, -0.2) is 28.6 Å². The maximum atomic E-state index is 12.0. The van der Waals surface area contributed by atoms with Gasteiger partial charge in [-0.1, -0.05) is 43.3 Å². The zero-order chi connectivity index (χ0) is 19.9. The van der Waals surface area contributed by atoms with E-state index in [2.05, 4.69) is 29.4 Å². The van der Waals surface area contributed by atoms with E-state index in [9.17, 15) is 9.59 Å². The van der Waals surface area contributed by atoms with E-state index in [-0.39, 0.29) is 6.61 Å². The van der Waals surface area contributed by atoms with E-state index in [0.29, 0.717) is 16.3 Å². The third-order valence-corrected chi connectivity index (χ3v) is 4.87. The van der Waals surface area contributed by atoms with Crippen molar-refractivity contribution in [2.24, 2.45) is 0 Å². The second-order valence-corrected chi connectivity index (χ2v) is 6.93. The average Bonchev–Trinajstić information content (AvgIpc) is 3.20. The van der Waals surface area contributed by atoms with Crippen molar-refractivity contribution < 1.29 is 19.4 Å². The Kier molecular flexibility index (Phi) is 6.52. The standard InChI is InChI=1S/C21H20N2O4S/c1-2-14-3-7-16(8-4-14)18-13-28-21(22-18)23-19(25)12-27-20(26)17-9-5-15(11-24)6-10-17/h3-10,13,24H,2,11-12H2,1H3,(H,22,23,25). The minimum absolute atomic E-state index is 0.101. The lowest BCUT2D eigenvalue weighted by molar-refractivity contribution is -0.119. The number of esters is 1. The Hall–Kier alpha value is -3.03. The molecule has 1 heterocycles. The molecule has 0 bridgehead atoms. The van der Waals surface area contributed by atoms with Crippen LogP contribution < -0.4 is 5.32 Å². The van der Waals surface area contributed by atoms with Gasteiger partial charge in [0.15, 0.2) is 11.7 Å². The van der Waals surface area contributed by atoms with Gasteiger partial charge in [0.25, 0.3) is 5.91 Å². The minimum atomic E-state index is -0.601. The van der Waals surface area contributed by atoms with Gasteiger partial charge in [0.1, 0.15) is 0 Å². The van der Waals surface area contributed by atoms with E-state index < -0.39 is 18.5 Å². The van der Waals surface area contributed by atoms with Gasteiger partial charge in [-0.3, -0.25) is 10.1 Å². The molecule has 7 heteroatoms. The number of aromatic nitrogens is 1. The van der Waals surface area contributed by atoms with E-state index in [0.717, 1.165) is 17.7 Å². The highest BCUT2D eigenvalue weighted by Gasteiger charge is 2.12. The highest BCUT2D eigenvalue weighted by Crippen LogP contribution is 2.25. The number of nitrogens with one attached hydrogen (secondary N) is 1. The molecule has 28 heavy (non-hydrogen) atoms. The molecule has 1 aromatic heterocycles. The molecule has 0 radical (unpaired) electrons. The van der Waals surface area contributed by atoms with Crippen molar-refractivity contribution >= 4 is 28.3 Å². The van der Waals surface area contributed by atoms with Crippen molar-refractivity contribution in [3.63, 3.8) is 0 Å². The van der Waals surface area contributed by atoms with Crippen LogP contribution in [0.15, 0.2) is 53.9 Å². The van der Waals surface area contributed by atoms with Crippen molar-refractivity contribution in [2.75, 3.05) is 11.9 Å². The lowest BCUT2D eigenvalue weighted by Gasteiger charge is -2.05. The van der Waals surface area contributed by atoms with Gasteiger partial charge >= 0.3 is 5.97 Å². The molecule has 1 amide bonds. The topological polar surface area (TPSA) is 88.5 Å². The number of benzene rings is 2. The zero-order valence-corrected chi connectivity index (χ0v) is 16.2. The molecular formula is C21H20N2O4S. The number of anilines is 1. The fraction of sp³-hybridized carbons (Fsp3) is 0.190. The Balaban J connectivity index is 1.53. The molecule has 3 aromatic rings. The van der Waals surface area contributed by atoms with E-state index in [1.54, 1.807) is 24.3 Å². The van der Waals surface area contributed by atoms with Gasteiger partial charge in [0, 0.05) is 10.9 Å². The number of thiazole rings is 1. The molecule has 0 aliphatic carbocycles. The van der Waals surface area contributed by atoms with Crippen LogP contribution in [0.1, 0.15) is 28.4 Å². The number of hydrogen-bond acceptors (Lipinski definition) is 6.